The fourth-order valence-electron chi connectivity index (χ4n) is 1.55. The predicted molar refractivity (Wildman–Crippen MR) is 70.8 cm³/mol. The first-order valence-electron chi connectivity index (χ1n) is 5.93. The lowest BCUT2D eigenvalue weighted by Crippen LogP contribution is -2.01. The van der Waals surface area contributed by atoms with Crippen molar-refractivity contribution in [1.29, 1.82) is 0 Å². The van der Waals surface area contributed by atoms with Crippen molar-refractivity contribution in [2.24, 2.45) is 0 Å². The van der Waals surface area contributed by atoms with E-state index in [1.54, 1.807) is 6.20 Å². The minimum Gasteiger partial charge on any atom is -0.382 e. The number of rotatable bonds is 2. The molecule has 17 heavy (non-hydrogen) atoms. The third kappa shape index (κ3) is 3.68. The zero-order chi connectivity index (χ0) is 12.7. The van der Waals surface area contributed by atoms with Gasteiger partial charge in [0.2, 0.25) is 0 Å². The maximum Gasteiger partial charge on any atom is 0.121 e. The van der Waals surface area contributed by atoms with Crippen molar-refractivity contribution < 1.29 is 5.11 Å². The van der Waals surface area contributed by atoms with Crippen LogP contribution in [-0.2, 0) is 0 Å². The fourth-order valence-corrected chi connectivity index (χ4v) is 1.55. The van der Waals surface area contributed by atoms with Crippen molar-refractivity contribution >= 4 is 0 Å². The van der Waals surface area contributed by atoms with Gasteiger partial charge in [0, 0.05) is 6.20 Å². The van der Waals surface area contributed by atoms with Gasteiger partial charge in [-0.3, -0.25) is 4.98 Å². The summed E-state index contributed by atoms with van der Waals surface area (Å²) in [7, 11) is 0. The molecule has 1 aromatic carbocycles. The maximum absolute atomic E-state index is 10.1. The van der Waals surface area contributed by atoms with Crippen LogP contribution in [0.2, 0.25) is 0 Å². The summed E-state index contributed by atoms with van der Waals surface area (Å²) in [6.45, 7) is 6.01. The molecule has 90 valence electrons. The van der Waals surface area contributed by atoms with Gasteiger partial charge in [0.05, 0.1) is 5.69 Å². The normalized spacial score (nSPS) is 11.3. The Balaban J connectivity index is 0.000000686. The van der Waals surface area contributed by atoms with Gasteiger partial charge in [0.15, 0.2) is 0 Å². The molecule has 0 aliphatic heterocycles. The molecule has 1 atom stereocenters. The Kier molecular flexibility index (Phi) is 5.37. The summed E-state index contributed by atoms with van der Waals surface area (Å²) in [6.07, 6.45) is 1.06. The van der Waals surface area contributed by atoms with E-state index >= 15 is 0 Å². The van der Waals surface area contributed by atoms with Gasteiger partial charge in [-0.25, -0.2) is 0 Å². The van der Waals surface area contributed by atoms with Crippen molar-refractivity contribution in [3.05, 3.63) is 65.5 Å². The second kappa shape index (κ2) is 6.81. The van der Waals surface area contributed by atoms with Crippen molar-refractivity contribution in [3.63, 3.8) is 0 Å². The Morgan fingerprint density at radius 1 is 1.06 bits per heavy atom. The van der Waals surface area contributed by atoms with Crippen LogP contribution < -0.4 is 0 Å². The number of benzene rings is 1. The topological polar surface area (TPSA) is 33.1 Å². The molecule has 1 N–H and O–H groups in total. The molecule has 0 amide bonds. The van der Waals surface area contributed by atoms with Crippen molar-refractivity contribution in [1.82, 2.24) is 4.98 Å². The SMILES string of the molecule is CC.Cc1cccc(C(O)c2ccccn2)c1. The van der Waals surface area contributed by atoms with Gasteiger partial charge < -0.3 is 5.11 Å². The summed E-state index contributed by atoms with van der Waals surface area (Å²) >= 11 is 0. The third-order valence-corrected chi connectivity index (χ3v) is 2.33. The van der Waals surface area contributed by atoms with E-state index < -0.39 is 6.10 Å². The average molecular weight is 229 g/mol. The van der Waals surface area contributed by atoms with Crippen molar-refractivity contribution in [3.8, 4) is 0 Å². The predicted octanol–water partition coefficient (Wildman–Crippen LogP) is 3.50. The average Bonchev–Trinajstić information content (AvgIpc) is 2.41. The van der Waals surface area contributed by atoms with E-state index in [-0.39, 0.29) is 0 Å². The van der Waals surface area contributed by atoms with E-state index in [0.717, 1.165) is 11.1 Å². The minimum atomic E-state index is -0.633. The molecular formula is C15H19NO. The fraction of sp³-hybridized carbons (Fsp3) is 0.267. The lowest BCUT2D eigenvalue weighted by molar-refractivity contribution is 0.215. The summed E-state index contributed by atoms with van der Waals surface area (Å²) < 4.78 is 0. The van der Waals surface area contributed by atoms with Gasteiger partial charge in [-0.05, 0) is 24.6 Å². The van der Waals surface area contributed by atoms with E-state index in [9.17, 15) is 5.11 Å². The Morgan fingerprint density at radius 3 is 2.41 bits per heavy atom. The number of aliphatic hydroxyl groups excluding tert-OH is 1. The van der Waals surface area contributed by atoms with Crippen molar-refractivity contribution in [2.75, 3.05) is 0 Å². The van der Waals surface area contributed by atoms with Gasteiger partial charge in [0.1, 0.15) is 6.10 Å². The van der Waals surface area contributed by atoms with Crippen LogP contribution >= 0.6 is 0 Å². The van der Waals surface area contributed by atoms with E-state index in [1.165, 1.54) is 0 Å². The molecule has 0 aliphatic rings. The number of aliphatic hydroxyl groups is 1. The first kappa shape index (κ1) is 13.4. The van der Waals surface area contributed by atoms with Gasteiger partial charge in [-0.1, -0.05) is 49.7 Å². The first-order valence-corrected chi connectivity index (χ1v) is 5.93. The van der Waals surface area contributed by atoms with E-state index in [1.807, 2.05) is 63.2 Å². The molecule has 1 unspecified atom stereocenters. The Bertz CT molecular complexity index is 440. The molecule has 0 fully saturated rings. The minimum absolute atomic E-state index is 0.633. The highest BCUT2D eigenvalue weighted by atomic mass is 16.3. The van der Waals surface area contributed by atoms with Crippen LogP contribution in [0.25, 0.3) is 0 Å². The lowest BCUT2D eigenvalue weighted by atomic mass is 10.0. The smallest absolute Gasteiger partial charge is 0.121 e. The van der Waals surface area contributed by atoms with Crippen LogP contribution in [0.5, 0.6) is 0 Å². The van der Waals surface area contributed by atoms with E-state index in [4.69, 9.17) is 0 Å². The monoisotopic (exact) mass is 229 g/mol. The highest BCUT2D eigenvalue weighted by molar-refractivity contribution is 5.29. The summed E-state index contributed by atoms with van der Waals surface area (Å²) in [4.78, 5) is 4.13. The second-order valence-corrected chi connectivity index (χ2v) is 3.57. The zero-order valence-corrected chi connectivity index (χ0v) is 10.6. The number of nitrogens with zero attached hydrogens (tertiary/aromatic N) is 1. The highest BCUT2D eigenvalue weighted by Crippen LogP contribution is 2.20. The van der Waals surface area contributed by atoms with Gasteiger partial charge in [-0.2, -0.15) is 0 Å². The lowest BCUT2D eigenvalue weighted by Gasteiger charge is -2.10. The molecule has 2 heteroatoms. The molecule has 0 bridgehead atoms. The number of hydrogen-bond acceptors (Lipinski definition) is 2. The highest BCUT2D eigenvalue weighted by Gasteiger charge is 2.10. The van der Waals surface area contributed by atoms with Crippen LogP contribution in [0.3, 0.4) is 0 Å². The molecule has 2 rings (SSSR count). The second-order valence-electron chi connectivity index (χ2n) is 3.57. The van der Waals surface area contributed by atoms with Gasteiger partial charge in [-0.15, -0.1) is 0 Å². The molecular weight excluding hydrogens is 210 g/mol. The van der Waals surface area contributed by atoms with Crippen LogP contribution in [0.15, 0.2) is 48.7 Å². The zero-order valence-electron chi connectivity index (χ0n) is 10.6. The molecule has 0 radical (unpaired) electrons. The standard InChI is InChI=1S/C13H13NO.C2H6/c1-10-5-4-6-11(9-10)13(15)12-7-2-3-8-14-12;1-2/h2-9,13,15H,1H3;1-2H3. The van der Waals surface area contributed by atoms with Gasteiger partial charge >= 0.3 is 0 Å². The molecule has 0 saturated carbocycles. The van der Waals surface area contributed by atoms with E-state index in [0.29, 0.717) is 5.69 Å². The molecule has 0 aliphatic carbocycles. The molecule has 0 spiro atoms. The maximum atomic E-state index is 10.1. The molecule has 0 saturated heterocycles. The van der Waals surface area contributed by atoms with Gasteiger partial charge in [0.25, 0.3) is 0 Å². The molecule has 2 aromatic rings. The number of aryl methyl sites for hydroxylation is 1. The van der Waals surface area contributed by atoms with Crippen LogP contribution in [0, 0.1) is 6.92 Å². The number of aromatic nitrogens is 1. The first-order chi connectivity index (χ1) is 8.27. The molecule has 1 aromatic heterocycles. The summed E-state index contributed by atoms with van der Waals surface area (Å²) in [5.41, 5.74) is 2.71. The summed E-state index contributed by atoms with van der Waals surface area (Å²) in [5, 5.41) is 10.1. The molecule has 2 nitrogen and oxygen atoms in total. The Hall–Kier alpha value is -1.67. The van der Waals surface area contributed by atoms with E-state index in [2.05, 4.69) is 4.98 Å². The van der Waals surface area contributed by atoms with Crippen LogP contribution in [-0.4, -0.2) is 10.1 Å². The largest absolute Gasteiger partial charge is 0.382 e. The van der Waals surface area contributed by atoms with Crippen LogP contribution in [0.4, 0.5) is 0 Å². The summed E-state index contributed by atoms with van der Waals surface area (Å²) in [5.74, 6) is 0. The quantitative estimate of drug-likeness (QED) is 0.855. The molecule has 1 heterocycles. The summed E-state index contributed by atoms with van der Waals surface area (Å²) in [6, 6.07) is 13.4. The van der Waals surface area contributed by atoms with Crippen LogP contribution in [0.1, 0.15) is 36.8 Å². The number of hydrogen-bond donors (Lipinski definition) is 1. The van der Waals surface area contributed by atoms with Crippen molar-refractivity contribution in [2.45, 2.75) is 26.9 Å². The third-order valence-electron chi connectivity index (χ3n) is 2.33. The Morgan fingerprint density at radius 2 is 1.82 bits per heavy atom. The Labute approximate surface area is 103 Å². The number of pyridine rings is 1.